The highest BCUT2D eigenvalue weighted by molar-refractivity contribution is 5.27. The molecule has 6 nitrogen and oxygen atoms in total. The highest BCUT2D eigenvalue weighted by Gasteiger charge is 2.35. The van der Waals surface area contributed by atoms with Gasteiger partial charge in [-0.15, -0.1) is 5.10 Å². The van der Waals surface area contributed by atoms with E-state index in [-0.39, 0.29) is 17.4 Å². The van der Waals surface area contributed by atoms with Gasteiger partial charge in [0.2, 0.25) is 0 Å². The zero-order chi connectivity index (χ0) is 21.8. The summed E-state index contributed by atoms with van der Waals surface area (Å²) in [5.74, 6) is 0.483. The van der Waals surface area contributed by atoms with Crippen LogP contribution in [0.5, 0.6) is 0 Å². The molecular formula is C24H31FN6. The Labute approximate surface area is 183 Å². The van der Waals surface area contributed by atoms with E-state index in [1.165, 1.54) is 11.6 Å². The number of rotatable bonds is 7. The zero-order valence-corrected chi connectivity index (χ0v) is 18.6. The van der Waals surface area contributed by atoms with Gasteiger partial charge in [-0.3, -0.25) is 9.80 Å². The van der Waals surface area contributed by atoms with Crippen LogP contribution in [0.3, 0.4) is 0 Å². The minimum absolute atomic E-state index is 0.219. The molecule has 164 valence electrons. The van der Waals surface area contributed by atoms with E-state index in [0.29, 0.717) is 11.4 Å². The molecule has 1 aliphatic rings. The monoisotopic (exact) mass is 422 g/mol. The Morgan fingerprint density at radius 2 is 1.65 bits per heavy atom. The Hall–Kier alpha value is -2.64. The molecule has 2 heterocycles. The SMILES string of the molecule is CCC(C)(C)n1nnnc1C(c1ccccc1F)N1CCN(Cc2ccccc2)CC1. The fraction of sp³-hybridized carbons (Fsp3) is 0.458. The normalized spacial score (nSPS) is 17.0. The Kier molecular flexibility index (Phi) is 6.43. The standard InChI is InChI=1S/C24H31FN6/c1-4-24(2,3)31-23(26-27-28-31)22(20-12-8-9-13-21(20)25)30-16-14-29(15-17-30)18-19-10-6-5-7-11-19/h5-13,22H,4,14-18H2,1-3H3. The lowest BCUT2D eigenvalue weighted by Crippen LogP contribution is -2.48. The van der Waals surface area contributed by atoms with E-state index in [0.717, 1.165) is 39.1 Å². The molecule has 0 saturated carbocycles. The Morgan fingerprint density at radius 1 is 0.968 bits per heavy atom. The summed E-state index contributed by atoms with van der Waals surface area (Å²) in [5.41, 5.74) is 1.69. The van der Waals surface area contributed by atoms with Crippen molar-refractivity contribution in [3.8, 4) is 0 Å². The van der Waals surface area contributed by atoms with Gasteiger partial charge in [-0.25, -0.2) is 9.07 Å². The van der Waals surface area contributed by atoms with Crippen molar-refractivity contribution < 1.29 is 4.39 Å². The van der Waals surface area contributed by atoms with E-state index in [2.05, 4.69) is 70.4 Å². The summed E-state index contributed by atoms with van der Waals surface area (Å²) in [6.07, 6.45) is 0.875. The number of benzene rings is 2. The summed E-state index contributed by atoms with van der Waals surface area (Å²) in [6.45, 7) is 10.8. The van der Waals surface area contributed by atoms with Gasteiger partial charge in [0, 0.05) is 38.3 Å². The van der Waals surface area contributed by atoms with Crippen LogP contribution in [0.2, 0.25) is 0 Å². The van der Waals surface area contributed by atoms with Crippen LogP contribution in [-0.2, 0) is 12.1 Å². The third kappa shape index (κ3) is 4.67. The molecule has 0 spiro atoms. The molecule has 0 N–H and O–H groups in total. The van der Waals surface area contributed by atoms with Gasteiger partial charge in [0.15, 0.2) is 5.82 Å². The van der Waals surface area contributed by atoms with E-state index in [4.69, 9.17) is 0 Å². The summed E-state index contributed by atoms with van der Waals surface area (Å²) in [4.78, 5) is 4.76. The van der Waals surface area contributed by atoms with Gasteiger partial charge in [-0.05, 0) is 42.3 Å². The van der Waals surface area contributed by atoms with Gasteiger partial charge in [0.05, 0.1) is 5.54 Å². The summed E-state index contributed by atoms with van der Waals surface area (Å²) in [6, 6.07) is 17.2. The van der Waals surface area contributed by atoms with Crippen LogP contribution in [0.25, 0.3) is 0 Å². The van der Waals surface area contributed by atoms with Gasteiger partial charge < -0.3 is 0 Å². The average molecular weight is 423 g/mol. The summed E-state index contributed by atoms with van der Waals surface area (Å²) < 4.78 is 16.8. The van der Waals surface area contributed by atoms with Crippen LogP contribution in [0.15, 0.2) is 54.6 Å². The minimum Gasteiger partial charge on any atom is -0.297 e. The number of nitrogens with zero attached hydrogens (tertiary/aromatic N) is 6. The van der Waals surface area contributed by atoms with Crippen molar-refractivity contribution in [3.05, 3.63) is 77.4 Å². The summed E-state index contributed by atoms with van der Waals surface area (Å²) in [7, 11) is 0. The molecule has 1 aromatic heterocycles. The molecule has 3 aromatic rings. The molecule has 0 aliphatic carbocycles. The van der Waals surface area contributed by atoms with Crippen molar-refractivity contribution in [2.45, 2.75) is 45.3 Å². The maximum Gasteiger partial charge on any atom is 0.173 e. The predicted octanol–water partition coefficient (Wildman–Crippen LogP) is 3.86. The van der Waals surface area contributed by atoms with E-state index < -0.39 is 0 Å². The minimum atomic E-state index is -0.319. The van der Waals surface area contributed by atoms with Crippen molar-refractivity contribution >= 4 is 0 Å². The van der Waals surface area contributed by atoms with E-state index in [9.17, 15) is 4.39 Å². The molecule has 0 bridgehead atoms. The molecule has 1 fully saturated rings. The quantitative estimate of drug-likeness (QED) is 0.579. The second-order valence-electron chi connectivity index (χ2n) is 8.84. The van der Waals surface area contributed by atoms with Gasteiger partial charge in [0.1, 0.15) is 11.9 Å². The Balaban J connectivity index is 1.60. The largest absolute Gasteiger partial charge is 0.297 e. The van der Waals surface area contributed by atoms with Crippen LogP contribution < -0.4 is 0 Å². The number of piperazine rings is 1. The molecule has 7 heteroatoms. The van der Waals surface area contributed by atoms with Crippen LogP contribution >= 0.6 is 0 Å². The average Bonchev–Trinajstić information content (AvgIpc) is 3.28. The van der Waals surface area contributed by atoms with Gasteiger partial charge in [-0.1, -0.05) is 55.5 Å². The number of aromatic nitrogens is 4. The molecule has 1 saturated heterocycles. The Bertz CT molecular complexity index is 978. The van der Waals surface area contributed by atoms with E-state index in [1.54, 1.807) is 6.07 Å². The van der Waals surface area contributed by atoms with Gasteiger partial charge in [-0.2, -0.15) is 0 Å². The third-order valence-corrected chi connectivity index (χ3v) is 6.40. The molecule has 1 aliphatic heterocycles. The van der Waals surface area contributed by atoms with Crippen LogP contribution in [0, 0.1) is 5.82 Å². The van der Waals surface area contributed by atoms with Crippen molar-refractivity contribution in [3.63, 3.8) is 0 Å². The van der Waals surface area contributed by atoms with Crippen LogP contribution in [-0.4, -0.2) is 56.2 Å². The lowest BCUT2D eigenvalue weighted by molar-refractivity contribution is 0.0960. The number of hydrogen-bond donors (Lipinski definition) is 0. The van der Waals surface area contributed by atoms with Gasteiger partial charge >= 0.3 is 0 Å². The maximum absolute atomic E-state index is 14.9. The lowest BCUT2D eigenvalue weighted by atomic mass is 9.98. The van der Waals surface area contributed by atoms with Gasteiger partial charge in [0.25, 0.3) is 0 Å². The van der Waals surface area contributed by atoms with Crippen molar-refractivity contribution in [2.24, 2.45) is 0 Å². The fourth-order valence-corrected chi connectivity index (χ4v) is 4.16. The topological polar surface area (TPSA) is 50.1 Å². The number of hydrogen-bond acceptors (Lipinski definition) is 5. The highest BCUT2D eigenvalue weighted by Crippen LogP contribution is 2.32. The molecular weight excluding hydrogens is 391 g/mol. The smallest absolute Gasteiger partial charge is 0.173 e. The number of tetrazole rings is 1. The zero-order valence-electron chi connectivity index (χ0n) is 18.6. The third-order valence-electron chi connectivity index (χ3n) is 6.40. The number of halogens is 1. The molecule has 1 atom stereocenters. The molecule has 4 rings (SSSR count). The van der Waals surface area contributed by atoms with Crippen molar-refractivity contribution in [1.29, 1.82) is 0 Å². The Morgan fingerprint density at radius 3 is 2.32 bits per heavy atom. The van der Waals surface area contributed by atoms with Crippen LogP contribution in [0.4, 0.5) is 4.39 Å². The molecule has 31 heavy (non-hydrogen) atoms. The first kappa shape index (κ1) is 21.6. The van der Waals surface area contributed by atoms with Crippen molar-refractivity contribution in [2.75, 3.05) is 26.2 Å². The van der Waals surface area contributed by atoms with E-state index in [1.807, 2.05) is 22.9 Å². The highest BCUT2D eigenvalue weighted by atomic mass is 19.1. The predicted molar refractivity (Wildman–Crippen MR) is 119 cm³/mol. The first-order valence-electron chi connectivity index (χ1n) is 11.0. The van der Waals surface area contributed by atoms with Crippen molar-refractivity contribution in [1.82, 2.24) is 30.0 Å². The second-order valence-corrected chi connectivity index (χ2v) is 8.84. The summed E-state index contributed by atoms with van der Waals surface area (Å²) in [5, 5.41) is 12.7. The molecule has 0 radical (unpaired) electrons. The first-order valence-corrected chi connectivity index (χ1v) is 11.0. The fourth-order valence-electron chi connectivity index (χ4n) is 4.16. The second kappa shape index (κ2) is 9.24. The molecule has 0 amide bonds. The van der Waals surface area contributed by atoms with Crippen LogP contribution in [0.1, 0.15) is 50.2 Å². The molecule has 1 unspecified atom stereocenters. The maximum atomic E-state index is 14.9. The van der Waals surface area contributed by atoms with E-state index >= 15 is 0 Å². The summed E-state index contributed by atoms with van der Waals surface area (Å²) >= 11 is 0. The first-order chi connectivity index (χ1) is 15.0. The lowest BCUT2D eigenvalue weighted by Gasteiger charge is -2.39. The molecule has 2 aromatic carbocycles.